The first-order valence-electron chi connectivity index (χ1n) is 14.0. The van der Waals surface area contributed by atoms with Gasteiger partial charge in [0.25, 0.3) is 0 Å². The van der Waals surface area contributed by atoms with Gasteiger partial charge in [-0.3, -0.25) is 20.8 Å². The van der Waals surface area contributed by atoms with E-state index in [0.29, 0.717) is 45.3 Å². The lowest BCUT2D eigenvalue weighted by Crippen LogP contribution is -2.20. The summed E-state index contributed by atoms with van der Waals surface area (Å²) in [5, 5.41) is 17.8. The largest absolute Gasteiger partial charge is 0.298 e. The van der Waals surface area contributed by atoms with Gasteiger partial charge in [0.1, 0.15) is 0 Å². The molecule has 0 saturated carbocycles. The monoisotopic (exact) mass is 568 g/mol. The fraction of sp³-hybridized carbons (Fsp3) is 0. The lowest BCUT2D eigenvalue weighted by atomic mass is 9.90. The number of hydrogen-bond acceptors (Lipinski definition) is 8. The van der Waals surface area contributed by atoms with E-state index in [4.69, 9.17) is 30.8 Å². The van der Waals surface area contributed by atoms with Gasteiger partial charge in [-0.25, -0.2) is 19.9 Å². The topological polar surface area (TPSA) is 125 Å². The second-order valence-electron chi connectivity index (χ2n) is 9.97. The number of pyridine rings is 6. The minimum Gasteiger partial charge on any atom is -0.298 e. The highest BCUT2D eigenvalue weighted by Crippen LogP contribution is 2.29. The maximum Gasteiger partial charge on any atom is 0.0894 e. The maximum absolute atomic E-state index is 8.89. The molecule has 6 heterocycles. The van der Waals surface area contributed by atoms with Crippen molar-refractivity contribution in [2.45, 2.75) is 0 Å². The lowest BCUT2D eigenvalue weighted by Gasteiger charge is -2.17. The normalized spacial score (nSPS) is 12.9. The van der Waals surface area contributed by atoms with Crippen LogP contribution in [0.15, 0.2) is 134 Å². The average Bonchev–Trinajstić information content (AvgIpc) is 3.10. The van der Waals surface area contributed by atoms with Crippen LogP contribution < -0.4 is 0 Å². The fourth-order valence-electron chi connectivity index (χ4n) is 4.95. The molecule has 0 unspecified atom stereocenters. The highest BCUT2D eigenvalue weighted by molar-refractivity contribution is 6.68. The maximum atomic E-state index is 8.89. The second kappa shape index (κ2) is 11.5. The van der Waals surface area contributed by atoms with Crippen LogP contribution in [0.4, 0.5) is 0 Å². The summed E-state index contributed by atoms with van der Waals surface area (Å²) in [4.78, 5) is 28.0. The number of aromatic nitrogens is 6. The molecule has 6 aromatic rings. The standard InChI is InChI=1S/C36H24N8/c37-35-23(25-11-5-15-31(41-25)33-17-7-13-29(43-33)27-9-1-3-21-39-27)19-20-24(36(35)38)26-12-6-16-32(42-26)34-18-8-14-30(44-34)28-10-2-4-22-40-28/h1-22,37-38H. The average molecular weight is 569 g/mol. The van der Waals surface area contributed by atoms with E-state index >= 15 is 0 Å². The summed E-state index contributed by atoms with van der Waals surface area (Å²) in [6, 6.07) is 34.2. The van der Waals surface area contributed by atoms with Gasteiger partial charge >= 0.3 is 0 Å². The number of hydrogen-bond donors (Lipinski definition) is 2. The summed E-state index contributed by atoms with van der Waals surface area (Å²) < 4.78 is 0. The van der Waals surface area contributed by atoms with Crippen LogP contribution in [0, 0.1) is 10.8 Å². The lowest BCUT2D eigenvalue weighted by molar-refractivity contribution is 1.20. The molecule has 1 aliphatic rings. The molecule has 0 bridgehead atoms. The third-order valence-corrected chi connectivity index (χ3v) is 7.13. The van der Waals surface area contributed by atoms with Crippen molar-refractivity contribution in [1.29, 1.82) is 10.8 Å². The number of rotatable bonds is 6. The molecule has 0 fully saturated rings. The van der Waals surface area contributed by atoms with Gasteiger partial charge in [0.05, 0.1) is 68.4 Å². The third-order valence-electron chi connectivity index (χ3n) is 7.13. The zero-order valence-corrected chi connectivity index (χ0v) is 23.4. The number of nitrogens with zero attached hydrogens (tertiary/aromatic N) is 6. The zero-order valence-electron chi connectivity index (χ0n) is 23.4. The Kier molecular flexibility index (Phi) is 6.98. The Morgan fingerprint density at radius 2 is 0.614 bits per heavy atom. The van der Waals surface area contributed by atoms with E-state index in [2.05, 4.69) is 9.97 Å². The predicted molar refractivity (Wildman–Crippen MR) is 173 cm³/mol. The van der Waals surface area contributed by atoms with Crippen LogP contribution >= 0.6 is 0 Å². The summed E-state index contributed by atoms with van der Waals surface area (Å²) in [7, 11) is 0. The summed E-state index contributed by atoms with van der Waals surface area (Å²) in [6.45, 7) is 0. The molecule has 8 nitrogen and oxygen atoms in total. The van der Waals surface area contributed by atoms with Crippen LogP contribution in [0.3, 0.4) is 0 Å². The van der Waals surface area contributed by atoms with Gasteiger partial charge in [-0.1, -0.05) is 36.4 Å². The molecule has 0 amide bonds. The van der Waals surface area contributed by atoms with Crippen molar-refractivity contribution < 1.29 is 0 Å². The van der Waals surface area contributed by atoms with Crippen molar-refractivity contribution in [2.75, 3.05) is 0 Å². The Labute approximate surface area is 253 Å². The Hall–Kier alpha value is -6.28. The Balaban J connectivity index is 1.19. The van der Waals surface area contributed by atoms with Crippen molar-refractivity contribution >= 4 is 22.6 Å². The molecule has 2 N–H and O–H groups in total. The molecule has 0 spiro atoms. The van der Waals surface area contributed by atoms with Gasteiger partial charge in [-0.2, -0.15) is 0 Å². The van der Waals surface area contributed by atoms with E-state index in [-0.39, 0.29) is 11.4 Å². The van der Waals surface area contributed by atoms with E-state index in [1.165, 1.54) is 0 Å². The highest BCUT2D eigenvalue weighted by atomic mass is 14.8. The first-order valence-corrected chi connectivity index (χ1v) is 14.0. The van der Waals surface area contributed by atoms with E-state index in [9.17, 15) is 0 Å². The molecular weight excluding hydrogens is 544 g/mol. The molecule has 0 atom stereocenters. The van der Waals surface area contributed by atoms with Crippen LogP contribution in [0.1, 0.15) is 11.4 Å². The zero-order chi connectivity index (χ0) is 29.9. The summed E-state index contributed by atoms with van der Waals surface area (Å²) in [5.41, 5.74) is 8.26. The van der Waals surface area contributed by atoms with Crippen molar-refractivity contribution in [2.24, 2.45) is 0 Å². The molecule has 44 heavy (non-hydrogen) atoms. The molecule has 0 saturated heterocycles. The molecular formula is C36H24N8. The van der Waals surface area contributed by atoms with Crippen molar-refractivity contribution in [3.8, 4) is 45.6 Å². The summed E-state index contributed by atoms with van der Waals surface area (Å²) in [5.74, 6) is 0. The van der Waals surface area contributed by atoms with Gasteiger partial charge in [-0.15, -0.1) is 0 Å². The molecule has 8 heteroatoms. The number of allylic oxidation sites excluding steroid dienone is 4. The third kappa shape index (κ3) is 5.23. The van der Waals surface area contributed by atoms with Gasteiger partial charge in [0.2, 0.25) is 0 Å². The van der Waals surface area contributed by atoms with Crippen molar-refractivity contribution in [3.63, 3.8) is 0 Å². The van der Waals surface area contributed by atoms with Crippen molar-refractivity contribution in [1.82, 2.24) is 29.9 Å². The molecule has 0 aromatic carbocycles. The minimum absolute atomic E-state index is 0.0739. The van der Waals surface area contributed by atoms with Crippen LogP contribution in [-0.4, -0.2) is 41.3 Å². The van der Waals surface area contributed by atoms with E-state index < -0.39 is 0 Å². The summed E-state index contributed by atoms with van der Waals surface area (Å²) in [6.07, 6.45) is 7.14. The Morgan fingerprint density at radius 1 is 0.318 bits per heavy atom. The molecule has 0 aliphatic heterocycles. The molecule has 7 rings (SSSR count). The molecule has 208 valence electrons. The predicted octanol–water partition coefficient (Wildman–Crippen LogP) is 7.24. The fourth-order valence-corrected chi connectivity index (χ4v) is 4.95. The quantitative estimate of drug-likeness (QED) is 0.204. The Bertz CT molecular complexity index is 1950. The van der Waals surface area contributed by atoms with E-state index in [1.54, 1.807) is 12.4 Å². The minimum atomic E-state index is 0.0739. The van der Waals surface area contributed by atoms with Crippen LogP contribution in [0.2, 0.25) is 0 Å². The smallest absolute Gasteiger partial charge is 0.0894 e. The van der Waals surface area contributed by atoms with Crippen LogP contribution in [-0.2, 0) is 0 Å². The number of nitrogens with one attached hydrogen (secondary N) is 2. The summed E-state index contributed by atoms with van der Waals surface area (Å²) >= 11 is 0. The van der Waals surface area contributed by atoms with Gasteiger partial charge in [0, 0.05) is 23.5 Å². The van der Waals surface area contributed by atoms with Gasteiger partial charge in [0.15, 0.2) is 0 Å². The van der Waals surface area contributed by atoms with Gasteiger partial charge < -0.3 is 0 Å². The Morgan fingerprint density at radius 3 is 0.955 bits per heavy atom. The molecule has 1 aliphatic carbocycles. The van der Waals surface area contributed by atoms with Gasteiger partial charge in [-0.05, 0) is 84.9 Å². The second-order valence-corrected chi connectivity index (χ2v) is 9.97. The van der Waals surface area contributed by atoms with Crippen LogP contribution in [0.5, 0.6) is 0 Å². The van der Waals surface area contributed by atoms with E-state index in [1.807, 2.05) is 121 Å². The highest BCUT2D eigenvalue weighted by Gasteiger charge is 2.23. The first-order chi connectivity index (χ1) is 21.6. The van der Waals surface area contributed by atoms with E-state index in [0.717, 1.165) is 22.8 Å². The SMILES string of the molecule is N=C1C(=N)C(c2cccc(-c3cccc(-c4ccccn4)n3)n2)=CC=C1c1cccc(-c2cccc(-c3ccccn3)n2)n1. The van der Waals surface area contributed by atoms with Crippen LogP contribution in [0.25, 0.3) is 56.7 Å². The molecule has 0 radical (unpaired) electrons. The molecule has 6 aromatic heterocycles. The van der Waals surface area contributed by atoms with Crippen molar-refractivity contribution in [3.05, 3.63) is 145 Å². The first kappa shape index (κ1) is 26.6.